The van der Waals surface area contributed by atoms with E-state index in [0.717, 1.165) is 18.4 Å². The van der Waals surface area contributed by atoms with Crippen LogP contribution in [0.25, 0.3) is 0 Å². The molecule has 0 aromatic heterocycles. The van der Waals surface area contributed by atoms with Gasteiger partial charge in [0.25, 0.3) is 0 Å². The number of primary amides is 1. The van der Waals surface area contributed by atoms with E-state index >= 15 is 0 Å². The maximum atomic E-state index is 12.8. The Balaban J connectivity index is 1.79. The lowest BCUT2D eigenvalue weighted by Gasteiger charge is -2.10. The van der Waals surface area contributed by atoms with Gasteiger partial charge in [0, 0.05) is 0 Å². The second-order valence-electron chi connectivity index (χ2n) is 4.87. The van der Waals surface area contributed by atoms with Crippen LogP contribution in [0.1, 0.15) is 18.4 Å². The minimum absolute atomic E-state index is 0.0520. The average molecular weight is 292 g/mol. The molecular weight excluding hydrogens is 275 g/mol. The molecule has 2 atom stereocenters. The highest BCUT2D eigenvalue weighted by atomic mass is 19.1. The molecule has 0 saturated carbocycles. The summed E-state index contributed by atoms with van der Waals surface area (Å²) in [7, 11) is 0. The van der Waals surface area contributed by atoms with Gasteiger partial charge >= 0.3 is 6.03 Å². The number of ether oxygens (including phenoxy) is 1. The zero-order valence-corrected chi connectivity index (χ0v) is 11.5. The number of halogens is 1. The number of nitrogens with two attached hydrogens (primary N) is 1. The molecule has 0 radical (unpaired) electrons. The van der Waals surface area contributed by atoms with Crippen molar-refractivity contribution < 1.29 is 19.1 Å². The van der Waals surface area contributed by atoms with Gasteiger partial charge < -0.3 is 10.5 Å². The van der Waals surface area contributed by atoms with Gasteiger partial charge in [0.05, 0.1) is 6.10 Å². The van der Waals surface area contributed by atoms with E-state index < -0.39 is 6.03 Å². The van der Waals surface area contributed by atoms with Crippen molar-refractivity contribution in [3.8, 4) is 11.8 Å². The maximum absolute atomic E-state index is 12.8. The van der Waals surface area contributed by atoms with Gasteiger partial charge in [-0.05, 0) is 37.0 Å². The van der Waals surface area contributed by atoms with Gasteiger partial charge in [-0.1, -0.05) is 24.0 Å². The molecule has 112 valence electrons. The van der Waals surface area contributed by atoms with Crippen molar-refractivity contribution in [3.63, 3.8) is 0 Å². The molecule has 0 aliphatic carbocycles. The van der Waals surface area contributed by atoms with Crippen molar-refractivity contribution in [2.45, 2.75) is 31.5 Å². The fourth-order valence-corrected chi connectivity index (χ4v) is 2.16. The molecule has 1 aliphatic rings. The molecule has 3 N–H and O–H groups in total. The summed E-state index contributed by atoms with van der Waals surface area (Å²) in [6, 6.07) is 5.41. The van der Waals surface area contributed by atoms with Crippen LogP contribution in [0.3, 0.4) is 0 Å². The molecule has 0 spiro atoms. The summed E-state index contributed by atoms with van der Waals surface area (Å²) in [5, 5.41) is 9.40. The van der Waals surface area contributed by atoms with E-state index in [1.807, 2.05) is 0 Å². The molecule has 0 bridgehead atoms. The molecule has 1 aromatic rings. The van der Waals surface area contributed by atoms with Gasteiger partial charge in [-0.15, -0.1) is 0 Å². The van der Waals surface area contributed by atoms with Gasteiger partial charge in [-0.2, -0.15) is 5.06 Å². The maximum Gasteiger partial charge on any atom is 0.339 e. The van der Waals surface area contributed by atoms with Crippen LogP contribution in [-0.2, 0) is 11.2 Å². The molecule has 1 aromatic carbocycles. The Hall–Kier alpha value is -2.10. The van der Waals surface area contributed by atoms with E-state index in [-0.39, 0.29) is 24.6 Å². The number of rotatable bonds is 3. The third-order valence-corrected chi connectivity index (χ3v) is 3.23. The predicted molar refractivity (Wildman–Crippen MR) is 73.9 cm³/mol. The zero-order valence-electron chi connectivity index (χ0n) is 11.5. The first-order valence-corrected chi connectivity index (χ1v) is 6.68. The lowest BCUT2D eigenvalue weighted by atomic mass is 10.1. The summed E-state index contributed by atoms with van der Waals surface area (Å²) in [4.78, 5) is 10.6. The van der Waals surface area contributed by atoms with Crippen molar-refractivity contribution in [2.24, 2.45) is 5.73 Å². The van der Waals surface area contributed by atoms with Gasteiger partial charge in [0.1, 0.15) is 18.5 Å². The molecular formula is C15H17FN2O3. The number of carbonyl (C=O) groups excluding carboxylic acids is 1. The summed E-state index contributed by atoms with van der Waals surface area (Å²) in [5.74, 6) is 5.25. The SMILES string of the molecule is NC(=O)N(O)CC#CC1CC[C@@H](Cc2ccc(F)cc2)O1. The van der Waals surface area contributed by atoms with Crippen molar-refractivity contribution in [1.82, 2.24) is 5.06 Å². The van der Waals surface area contributed by atoms with E-state index in [2.05, 4.69) is 11.8 Å². The summed E-state index contributed by atoms with van der Waals surface area (Å²) in [6.45, 7) is -0.141. The number of carbonyl (C=O) groups is 1. The molecule has 1 saturated heterocycles. The highest BCUT2D eigenvalue weighted by molar-refractivity contribution is 5.70. The fraction of sp³-hybridized carbons (Fsp3) is 0.400. The molecule has 2 rings (SSSR count). The lowest BCUT2D eigenvalue weighted by Crippen LogP contribution is -2.32. The first kappa shape index (κ1) is 15.3. The van der Waals surface area contributed by atoms with Crippen molar-refractivity contribution in [3.05, 3.63) is 35.6 Å². The summed E-state index contributed by atoms with van der Waals surface area (Å²) in [5.41, 5.74) is 5.88. The van der Waals surface area contributed by atoms with Gasteiger partial charge in [0.15, 0.2) is 0 Å². The lowest BCUT2D eigenvalue weighted by molar-refractivity contribution is -0.0270. The van der Waals surface area contributed by atoms with E-state index in [1.165, 1.54) is 12.1 Å². The second kappa shape index (κ2) is 7.07. The Labute approximate surface area is 122 Å². The van der Waals surface area contributed by atoms with E-state index in [4.69, 9.17) is 15.7 Å². The van der Waals surface area contributed by atoms with Crippen LogP contribution >= 0.6 is 0 Å². The summed E-state index contributed by atoms with van der Waals surface area (Å²) < 4.78 is 18.6. The van der Waals surface area contributed by atoms with Crippen LogP contribution in [-0.4, -0.2) is 35.1 Å². The van der Waals surface area contributed by atoms with Crippen LogP contribution in [0.2, 0.25) is 0 Å². The van der Waals surface area contributed by atoms with Crippen molar-refractivity contribution in [2.75, 3.05) is 6.54 Å². The minimum atomic E-state index is -0.939. The number of hydrogen-bond acceptors (Lipinski definition) is 3. The first-order chi connectivity index (χ1) is 10.0. The van der Waals surface area contributed by atoms with Crippen molar-refractivity contribution in [1.29, 1.82) is 0 Å². The van der Waals surface area contributed by atoms with Crippen LogP contribution in [0, 0.1) is 17.7 Å². The van der Waals surface area contributed by atoms with Gasteiger partial charge in [-0.3, -0.25) is 5.21 Å². The Morgan fingerprint density at radius 2 is 2.14 bits per heavy atom. The summed E-state index contributed by atoms with van der Waals surface area (Å²) in [6.07, 6.45) is 2.22. The first-order valence-electron chi connectivity index (χ1n) is 6.68. The molecule has 5 nitrogen and oxygen atoms in total. The van der Waals surface area contributed by atoms with Gasteiger partial charge in [0.2, 0.25) is 0 Å². The third kappa shape index (κ3) is 4.74. The van der Waals surface area contributed by atoms with E-state index in [0.29, 0.717) is 11.5 Å². The number of nitrogens with zero attached hydrogens (tertiary/aromatic N) is 1. The zero-order chi connectivity index (χ0) is 15.2. The fourth-order valence-electron chi connectivity index (χ4n) is 2.16. The highest BCUT2D eigenvalue weighted by Gasteiger charge is 2.23. The Bertz CT molecular complexity index is 550. The smallest absolute Gasteiger partial charge is 0.339 e. The number of hydroxylamine groups is 2. The monoisotopic (exact) mass is 292 g/mol. The topological polar surface area (TPSA) is 75.8 Å². The van der Waals surface area contributed by atoms with Crippen LogP contribution in [0.5, 0.6) is 0 Å². The Morgan fingerprint density at radius 1 is 1.43 bits per heavy atom. The highest BCUT2D eigenvalue weighted by Crippen LogP contribution is 2.22. The number of urea groups is 1. The molecule has 1 aliphatic heterocycles. The normalized spacial score (nSPS) is 20.7. The van der Waals surface area contributed by atoms with Gasteiger partial charge in [-0.25, -0.2) is 9.18 Å². The number of hydrogen-bond donors (Lipinski definition) is 2. The average Bonchev–Trinajstić information content (AvgIpc) is 2.89. The Morgan fingerprint density at radius 3 is 2.81 bits per heavy atom. The number of benzene rings is 1. The van der Waals surface area contributed by atoms with Crippen LogP contribution in [0.15, 0.2) is 24.3 Å². The quantitative estimate of drug-likeness (QED) is 0.505. The van der Waals surface area contributed by atoms with Crippen molar-refractivity contribution >= 4 is 6.03 Å². The van der Waals surface area contributed by atoms with Crippen LogP contribution in [0.4, 0.5) is 9.18 Å². The predicted octanol–water partition coefficient (Wildman–Crippen LogP) is 1.69. The van der Waals surface area contributed by atoms with E-state index in [1.54, 1.807) is 12.1 Å². The molecule has 6 heteroatoms. The standard InChI is InChI=1S/C15H17FN2O3/c16-12-5-3-11(4-6-12)10-14-8-7-13(21-14)2-1-9-18(20)15(17)19/h3-6,13-14,20H,7-10H2,(H2,17,19)/t13?,14-/m0/s1. The Kier molecular flexibility index (Phi) is 5.14. The summed E-state index contributed by atoms with van der Waals surface area (Å²) >= 11 is 0. The molecule has 1 fully saturated rings. The van der Waals surface area contributed by atoms with E-state index in [9.17, 15) is 9.18 Å². The molecule has 2 amide bonds. The largest absolute Gasteiger partial charge is 0.362 e. The minimum Gasteiger partial charge on any atom is -0.362 e. The number of amides is 2. The molecule has 1 heterocycles. The van der Waals surface area contributed by atoms with Crippen LogP contribution < -0.4 is 5.73 Å². The molecule has 1 unspecified atom stereocenters. The molecule has 21 heavy (non-hydrogen) atoms. The second-order valence-corrected chi connectivity index (χ2v) is 4.87. The third-order valence-electron chi connectivity index (χ3n) is 3.23.